The number of rotatable bonds is 6. The molecular formula is C15H24N2O3S. The third kappa shape index (κ3) is 4.26. The zero-order chi connectivity index (χ0) is 15.3. The Bertz CT molecular complexity index is 560. The summed E-state index contributed by atoms with van der Waals surface area (Å²) in [6, 6.07) is 6.92. The molecule has 3 N–H and O–H groups in total. The van der Waals surface area contributed by atoms with E-state index in [2.05, 4.69) is 4.90 Å². The molecule has 1 aliphatic rings. The number of piperidine rings is 1. The molecule has 118 valence electrons. The number of nitrogens with two attached hydrogens (primary N) is 1. The van der Waals surface area contributed by atoms with Crippen LogP contribution >= 0.6 is 0 Å². The van der Waals surface area contributed by atoms with Gasteiger partial charge in [0, 0.05) is 19.1 Å². The third-order valence-electron chi connectivity index (χ3n) is 4.10. The SMILES string of the molecule is NCc1cccc(S(=O)(=O)CCN2CCCCC2CO)c1. The van der Waals surface area contributed by atoms with Crippen LogP contribution in [0.25, 0.3) is 0 Å². The number of hydrogen-bond acceptors (Lipinski definition) is 5. The number of aliphatic hydroxyl groups excluding tert-OH is 1. The maximum absolute atomic E-state index is 12.4. The Morgan fingerprint density at radius 3 is 2.86 bits per heavy atom. The van der Waals surface area contributed by atoms with Crippen molar-refractivity contribution in [2.45, 2.75) is 36.7 Å². The second-order valence-corrected chi connectivity index (χ2v) is 7.65. The summed E-state index contributed by atoms with van der Waals surface area (Å²) in [7, 11) is -3.30. The minimum absolute atomic E-state index is 0.0809. The van der Waals surface area contributed by atoms with Crippen LogP contribution in [0.1, 0.15) is 24.8 Å². The van der Waals surface area contributed by atoms with Crippen molar-refractivity contribution in [2.75, 3.05) is 25.4 Å². The van der Waals surface area contributed by atoms with Gasteiger partial charge < -0.3 is 10.8 Å². The molecule has 5 nitrogen and oxygen atoms in total. The molecule has 1 aliphatic heterocycles. The first-order chi connectivity index (χ1) is 10.1. The fourth-order valence-corrected chi connectivity index (χ4v) is 4.11. The molecule has 1 aromatic carbocycles. The van der Waals surface area contributed by atoms with Crippen LogP contribution in [0.15, 0.2) is 29.2 Å². The van der Waals surface area contributed by atoms with E-state index >= 15 is 0 Å². The lowest BCUT2D eigenvalue weighted by Crippen LogP contribution is -2.44. The average molecular weight is 312 g/mol. The van der Waals surface area contributed by atoms with Crippen LogP contribution in [0.2, 0.25) is 0 Å². The summed E-state index contributed by atoms with van der Waals surface area (Å²) < 4.78 is 24.8. The average Bonchev–Trinajstić information content (AvgIpc) is 2.53. The van der Waals surface area contributed by atoms with Crippen molar-refractivity contribution in [3.8, 4) is 0 Å². The highest BCUT2D eigenvalue weighted by molar-refractivity contribution is 7.91. The number of benzene rings is 1. The van der Waals surface area contributed by atoms with Crippen LogP contribution in [-0.4, -0.2) is 49.9 Å². The highest BCUT2D eigenvalue weighted by Gasteiger charge is 2.24. The molecule has 0 radical (unpaired) electrons. The lowest BCUT2D eigenvalue weighted by Gasteiger charge is -2.34. The fourth-order valence-electron chi connectivity index (χ4n) is 2.78. The molecular weight excluding hydrogens is 288 g/mol. The molecule has 1 saturated heterocycles. The molecule has 0 aliphatic carbocycles. The number of hydrogen-bond donors (Lipinski definition) is 2. The summed E-state index contributed by atoms with van der Waals surface area (Å²) in [6.45, 7) is 1.77. The van der Waals surface area contributed by atoms with Gasteiger partial charge in [-0.1, -0.05) is 18.6 Å². The van der Waals surface area contributed by atoms with Crippen molar-refractivity contribution < 1.29 is 13.5 Å². The zero-order valence-corrected chi connectivity index (χ0v) is 13.1. The fraction of sp³-hybridized carbons (Fsp3) is 0.600. The van der Waals surface area contributed by atoms with E-state index in [0.717, 1.165) is 31.4 Å². The quantitative estimate of drug-likeness (QED) is 0.810. The molecule has 0 spiro atoms. The topological polar surface area (TPSA) is 83.6 Å². The molecule has 0 saturated carbocycles. The van der Waals surface area contributed by atoms with Gasteiger partial charge in [0.05, 0.1) is 17.3 Å². The Balaban J connectivity index is 2.03. The van der Waals surface area contributed by atoms with Crippen molar-refractivity contribution in [3.05, 3.63) is 29.8 Å². The predicted octanol–water partition coefficient (Wildman–Crippen LogP) is 0.766. The van der Waals surface area contributed by atoms with Crippen molar-refractivity contribution >= 4 is 9.84 Å². The van der Waals surface area contributed by atoms with E-state index in [1.165, 1.54) is 0 Å². The van der Waals surface area contributed by atoms with E-state index in [-0.39, 0.29) is 18.4 Å². The van der Waals surface area contributed by atoms with Gasteiger partial charge in [-0.15, -0.1) is 0 Å². The van der Waals surface area contributed by atoms with Crippen LogP contribution in [0.4, 0.5) is 0 Å². The van der Waals surface area contributed by atoms with Gasteiger partial charge in [0.1, 0.15) is 0 Å². The maximum Gasteiger partial charge on any atom is 0.179 e. The van der Waals surface area contributed by atoms with Gasteiger partial charge in [-0.2, -0.15) is 0 Å². The monoisotopic (exact) mass is 312 g/mol. The zero-order valence-electron chi connectivity index (χ0n) is 12.2. The van der Waals surface area contributed by atoms with E-state index < -0.39 is 9.84 Å². The van der Waals surface area contributed by atoms with Gasteiger partial charge >= 0.3 is 0 Å². The van der Waals surface area contributed by atoms with E-state index in [1.807, 2.05) is 6.07 Å². The van der Waals surface area contributed by atoms with Crippen LogP contribution in [0.3, 0.4) is 0 Å². The lowest BCUT2D eigenvalue weighted by atomic mass is 10.0. The van der Waals surface area contributed by atoms with Gasteiger partial charge in [-0.05, 0) is 37.1 Å². The van der Waals surface area contributed by atoms with Crippen molar-refractivity contribution in [2.24, 2.45) is 5.73 Å². The maximum atomic E-state index is 12.4. The molecule has 1 aromatic rings. The van der Waals surface area contributed by atoms with Crippen molar-refractivity contribution in [3.63, 3.8) is 0 Å². The van der Waals surface area contributed by atoms with E-state index in [4.69, 9.17) is 5.73 Å². The van der Waals surface area contributed by atoms with E-state index in [9.17, 15) is 13.5 Å². The van der Waals surface area contributed by atoms with Gasteiger partial charge in [0.25, 0.3) is 0 Å². The molecule has 1 fully saturated rings. The van der Waals surface area contributed by atoms with Crippen LogP contribution < -0.4 is 5.73 Å². The minimum Gasteiger partial charge on any atom is -0.395 e. The highest BCUT2D eigenvalue weighted by atomic mass is 32.2. The van der Waals surface area contributed by atoms with Crippen molar-refractivity contribution in [1.82, 2.24) is 4.90 Å². The summed E-state index contributed by atoms with van der Waals surface area (Å²) >= 11 is 0. The first-order valence-corrected chi connectivity index (χ1v) is 9.08. The van der Waals surface area contributed by atoms with Gasteiger partial charge in [-0.25, -0.2) is 8.42 Å². The second kappa shape index (κ2) is 7.35. The Kier molecular flexibility index (Phi) is 5.75. The Hall–Kier alpha value is -0.950. The summed E-state index contributed by atoms with van der Waals surface area (Å²) in [5.74, 6) is 0.0809. The molecule has 0 amide bonds. The smallest absolute Gasteiger partial charge is 0.179 e. The van der Waals surface area contributed by atoms with Gasteiger partial charge in [0.2, 0.25) is 0 Å². The Morgan fingerprint density at radius 2 is 2.14 bits per heavy atom. The van der Waals surface area contributed by atoms with Gasteiger partial charge in [-0.3, -0.25) is 4.90 Å². The molecule has 1 unspecified atom stereocenters. The van der Waals surface area contributed by atoms with E-state index in [1.54, 1.807) is 18.2 Å². The first kappa shape index (κ1) is 16.4. The number of sulfone groups is 1. The second-order valence-electron chi connectivity index (χ2n) is 5.54. The number of aliphatic hydroxyl groups is 1. The molecule has 0 bridgehead atoms. The third-order valence-corrected chi connectivity index (χ3v) is 5.79. The highest BCUT2D eigenvalue weighted by Crippen LogP contribution is 2.18. The van der Waals surface area contributed by atoms with E-state index in [0.29, 0.717) is 18.0 Å². The largest absolute Gasteiger partial charge is 0.395 e. The normalized spacial score (nSPS) is 20.6. The molecule has 21 heavy (non-hydrogen) atoms. The lowest BCUT2D eigenvalue weighted by molar-refractivity contribution is 0.0958. The summed E-state index contributed by atoms with van der Waals surface area (Å²) in [4.78, 5) is 2.43. The molecule has 2 rings (SSSR count). The first-order valence-electron chi connectivity index (χ1n) is 7.43. The summed E-state index contributed by atoms with van der Waals surface area (Å²) in [5.41, 5.74) is 6.38. The van der Waals surface area contributed by atoms with Crippen LogP contribution in [0.5, 0.6) is 0 Å². The Morgan fingerprint density at radius 1 is 1.33 bits per heavy atom. The Labute approximate surface area is 126 Å². The molecule has 1 heterocycles. The van der Waals surface area contributed by atoms with Crippen LogP contribution in [-0.2, 0) is 16.4 Å². The molecule has 1 atom stereocenters. The molecule has 0 aromatic heterocycles. The summed E-state index contributed by atoms with van der Waals surface area (Å²) in [6.07, 6.45) is 3.12. The van der Waals surface area contributed by atoms with Gasteiger partial charge in [0.15, 0.2) is 9.84 Å². The number of likely N-dealkylation sites (tertiary alicyclic amines) is 1. The van der Waals surface area contributed by atoms with Crippen molar-refractivity contribution in [1.29, 1.82) is 0 Å². The minimum atomic E-state index is -3.30. The predicted molar refractivity (Wildman–Crippen MR) is 82.7 cm³/mol. The molecule has 6 heteroatoms. The number of nitrogens with zero attached hydrogens (tertiary/aromatic N) is 1. The van der Waals surface area contributed by atoms with Crippen LogP contribution in [0, 0.1) is 0 Å². The summed E-state index contributed by atoms with van der Waals surface area (Å²) in [5, 5.41) is 9.37. The standard InChI is InChI=1S/C15H24N2O3S/c16-11-13-4-3-6-15(10-13)21(19,20)9-8-17-7-2-1-5-14(17)12-18/h3-4,6,10,14,18H,1-2,5,7-9,11-12,16H2.